The highest BCUT2D eigenvalue weighted by Crippen LogP contribution is 2.53. The molecular weight excluding hydrogens is 637 g/mol. The number of nitrogens with zero attached hydrogens (tertiary/aromatic N) is 2. The van der Waals surface area contributed by atoms with Crippen molar-refractivity contribution in [2.24, 2.45) is 0 Å². The van der Waals surface area contributed by atoms with Gasteiger partial charge in [-0.15, -0.1) is 11.3 Å². The average Bonchev–Trinajstić information content (AvgIpc) is 3.60. The predicted octanol–water partition coefficient (Wildman–Crippen LogP) is 14.3. The molecule has 1 aliphatic heterocycles. The first-order valence-corrected chi connectivity index (χ1v) is 18.2. The van der Waals surface area contributed by atoms with E-state index in [1.54, 1.807) is 0 Å². The van der Waals surface area contributed by atoms with Crippen molar-refractivity contribution in [3.05, 3.63) is 194 Å². The molecule has 8 aromatic carbocycles. The zero-order valence-corrected chi connectivity index (χ0v) is 28.6. The molecule has 0 radical (unpaired) electrons. The molecule has 1 aliphatic rings. The van der Waals surface area contributed by atoms with Crippen molar-refractivity contribution in [2.75, 3.05) is 9.80 Å². The van der Waals surface area contributed by atoms with Crippen molar-refractivity contribution >= 4 is 65.6 Å². The Hall–Kier alpha value is -6.42. The van der Waals surface area contributed by atoms with E-state index < -0.39 is 0 Å². The van der Waals surface area contributed by atoms with Gasteiger partial charge in [0.15, 0.2) is 0 Å². The van der Waals surface area contributed by atoms with Crippen LogP contribution in [0.2, 0.25) is 0 Å². The fourth-order valence-electron chi connectivity index (χ4n) is 7.55. The zero-order valence-electron chi connectivity index (χ0n) is 27.8. The number of rotatable bonds is 5. The molecule has 0 saturated heterocycles. The van der Waals surface area contributed by atoms with Crippen molar-refractivity contribution in [1.29, 1.82) is 0 Å². The first-order chi connectivity index (χ1) is 25.3. The van der Waals surface area contributed by atoms with Crippen molar-refractivity contribution in [2.45, 2.75) is 0 Å². The van der Waals surface area contributed by atoms with Gasteiger partial charge in [-0.1, -0.05) is 146 Å². The predicted molar refractivity (Wildman–Crippen MR) is 219 cm³/mol. The van der Waals surface area contributed by atoms with Gasteiger partial charge in [-0.25, -0.2) is 0 Å². The Morgan fingerprint density at radius 3 is 1.25 bits per heavy atom. The molecule has 240 valence electrons. The number of hydrogen-bond acceptors (Lipinski definition) is 3. The number of fused-ring (bicyclic) bond motifs is 3. The lowest BCUT2D eigenvalue weighted by molar-refractivity contribution is 1.26. The molecule has 10 rings (SSSR count). The molecule has 0 spiro atoms. The topological polar surface area (TPSA) is 6.48 Å². The Bertz CT molecular complexity index is 2660. The van der Waals surface area contributed by atoms with Gasteiger partial charge in [0.1, 0.15) is 0 Å². The third kappa shape index (κ3) is 5.01. The van der Waals surface area contributed by atoms with Gasteiger partial charge in [-0.2, -0.15) is 0 Å². The van der Waals surface area contributed by atoms with Gasteiger partial charge in [0.2, 0.25) is 0 Å². The Balaban J connectivity index is 1.25. The fraction of sp³-hybridized carbons (Fsp3) is 0. The van der Waals surface area contributed by atoms with Crippen LogP contribution in [0.1, 0.15) is 0 Å². The minimum absolute atomic E-state index is 1.11. The quantitative estimate of drug-likeness (QED) is 0.180. The Morgan fingerprint density at radius 1 is 0.294 bits per heavy atom. The highest BCUT2D eigenvalue weighted by Gasteiger charge is 2.26. The van der Waals surface area contributed by atoms with E-state index in [1.165, 1.54) is 64.9 Å². The molecule has 0 saturated carbocycles. The lowest BCUT2D eigenvalue weighted by Gasteiger charge is -2.32. The number of thiophene rings is 1. The Labute approximate surface area is 301 Å². The van der Waals surface area contributed by atoms with E-state index in [2.05, 4.69) is 204 Å². The van der Waals surface area contributed by atoms with E-state index in [4.69, 9.17) is 0 Å². The van der Waals surface area contributed by atoms with Crippen molar-refractivity contribution in [3.8, 4) is 33.4 Å². The largest absolute Gasteiger partial charge is 0.309 e. The van der Waals surface area contributed by atoms with Gasteiger partial charge in [-0.3, -0.25) is 0 Å². The molecule has 51 heavy (non-hydrogen) atoms. The molecule has 0 atom stereocenters. The first-order valence-electron chi connectivity index (χ1n) is 17.4. The number of hydrogen-bond donors (Lipinski definition) is 0. The fourth-order valence-corrected chi connectivity index (χ4v) is 8.86. The zero-order chi connectivity index (χ0) is 33.7. The summed E-state index contributed by atoms with van der Waals surface area (Å²) in [6.07, 6.45) is 0. The van der Waals surface area contributed by atoms with E-state index in [0.29, 0.717) is 0 Å². The molecule has 0 fully saturated rings. The molecule has 0 N–H and O–H groups in total. The van der Waals surface area contributed by atoms with Gasteiger partial charge < -0.3 is 9.80 Å². The molecule has 0 amide bonds. The third-order valence-electron chi connectivity index (χ3n) is 10.00. The standard InChI is InChI=1S/C48H32N2S/c1-4-12-33(13-5-1)35-22-26-38(27-23-35)49-40-30-31-41(37-16-8-3-9-17-37)46(32-40)50(39-28-24-36(25-29-39)34-14-6-2-7-15-34)45-21-11-19-43-42-18-10-20-44(49)47(42)51-48(43)45/h1-32H. The third-order valence-corrected chi connectivity index (χ3v) is 11.3. The molecule has 2 nitrogen and oxygen atoms in total. The second-order valence-electron chi connectivity index (χ2n) is 13.0. The van der Waals surface area contributed by atoms with Crippen molar-refractivity contribution in [1.82, 2.24) is 0 Å². The van der Waals surface area contributed by atoms with Gasteiger partial charge in [0.05, 0.1) is 26.5 Å². The monoisotopic (exact) mass is 668 g/mol. The molecule has 2 heterocycles. The van der Waals surface area contributed by atoms with Crippen LogP contribution in [0.15, 0.2) is 194 Å². The van der Waals surface area contributed by atoms with Gasteiger partial charge in [0, 0.05) is 33.4 Å². The first kappa shape index (κ1) is 29.5. The second-order valence-corrected chi connectivity index (χ2v) is 14.0. The molecule has 0 aliphatic carbocycles. The molecule has 1 aromatic heterocycles. The maximum absolute atomic E-state index is 2.47. The van der Waals surface area contributed by atoms with E-state index >= 15 is 0 Å². The smallest absolute Gasteiger partial charge is 0.0640 e. The van der Waals surface area contributed by atoms with Gasteiger partial charge in [0.25, 0.3) is 0 Å². The van der Waals surface area contributed by atoms with Gasteiger partial charge >= 0.3 is 0 Å². The summed E-state index contributed by atoms with van der Waals surface area (Å²) in [5, 5.41) is 2.55. The lowest BCUT2D eigenvalue weighted by atomic mass is 9.99. The van der Waals surface area contributed by atoms with Crippen LogP contribution in [0.5, 0.6) is 0 Å². The van der Waals surface area contributed by atoms with Crippen LogP contribution in [0.3, 0.4) is 0 Å². The number of anilines is 6. The van der Waals surface area contributed by atoms with Crippen LogP contribution in [0.25, 0.3) is 53.6 Å². The maximum Gasteiger partial charge on any atom is 0.0640 e. The van der Waals surface area contributed by atoms with E-state index in [-0.39, 0.29) is 0 Å². The summed E-state index contributed by atoms with van der Waals surface area (Å²) in [5.74, 6) is 0. The molecule has 0 unspecified atom stereocenters. The van der Waals surface area contributed by atoms with Crippen molar-refractivity contribution < 1.29 is 0 Å². The second kappa shape index (κ2) is 12.2. The molecular formula is C48H32N2S. The highest BCUT2D eigenvalue weighted by atomic mass is 32.1. The summed E-state index contributed by atoms with van der Waals surface area (Å²) >= 11 is 1.89. The maximum atomic E-state index is 2.47. The lowest BCUT2D eigenvalue weighted by Crippen LogP contribution is -2.14. The van der Waals surface area contributed by atoms with Crippen LogP contribution in [-0.2, 0) is 0 Å². The van der Waals surface area contributed by atoms with E-state index in [1.807, 2.05) is 11.3 Å². The Morgan fingerprint density at radius 2 is 0.725 bits per heavy atom. The van der Waals surface area contributed by atoms with E-state index in [0.717, 1.165) is 22.7 Å². The van der Waals surface area contributed by atoms with Crippen LogP contribution < -0.4 is 9.80 Å². The summed E-state index contributed by atoms with van der Waals surface area (Å²) in [4.78, 5) is 4.91. The minimum atomic E-state index is 1.11. The van der Waals surface area contributed by atoms with Crippen LogP contribution in [0.4, 0.5) is 34.1 Å². The average molecular weight is 669 g/mol. The molecule has 4 bridgehead atoms. The summed E-state index contributed by atoms with van der Waals surface area (Å²) < 4.78 is 2.56. The van der Waals surface area contributed by atoms with Crippen LogP contribution in [0, 0.1) is 0 Å². The van der Waals surface area contributed by atoms with Crippen LogP contribution >= 0.6 is 11.3 Å². The van der Waals surface area contributed by atoms with Crippen LogP contribution in [-0.4, -0.2) is 0 Å². The number of benzene rings is 8. The summed E-state index contributed by atoms with van der Waals surface area (Å²) in [7, 11) is 0. The minimum Gasteiger partial charge on any atom is -0.309 e. The summed E-state index contributed by atoms with van der Waals surface area (Å²) in [6, 6.07) is 70.5. The molecule has 3 heteroatoms. The highest BCUT2D eigenvalue weighted by molar-refractivity contribution is 7.27. The van der Waals surface area contributed by atoms with Gasteiger partial charge in [-0.05, 0) is 76.3 Å². The Kier molecular flexibility index (Phi) is 7.04. The van der Waals surface area contributed by atoms with E-state index in [9.17, 15) is 0 Å². The summed E-state index contributed by atoms with van der Waals surface area (Å²) in [5.41, 5.74) is 14.1. The normalized spacial score (nSPS) is 12.2. The van der Waals surface area contributed by atoms with Crippen molar-refractivity contribution in [3.63, 3.8) is 0 Å². The molecule has 9 aromatic rings. The summed E-state index contributed by atoms with van der Waals surface area (Å²) in [6.45, 7) is 0. The SMILES string of the molecule is c1ccc(-c2ccc(N3c4ccc(-c5ccccc5)c(c4)N(c4ccc(-c5ccccc5)cc4)c4cccc5c4sc4c3cccc45)cc2)cc1.